The lowest BCUT2D eigenvalue weighted by Gasteiger charge is -2.40. The van der Waals surface area contributed by atoms with Crippen LogP contribution in [0.1, 0.15) is 22.3 Å². The summed E-state index contributed by atoms with van der Waals surface area (Å²) >= 11 is 0. The molecule has 1 spiro atoms. The van der Waals surface area contributed by atoms with Gasteiger partial charge in [0.25, 0.3) is 0 Å². The highest BCUT2D eigenvalue weighted by molar-refractivity contribution is 6.13. The number of benzene rings is 9. The molecule has 0 aromatic heterocycles. The van der Waals surface area contributed by atoms with Gasteiger partial charge in [-0.3, -0.25) is 0 Å². The zero-order valence-corrected chi connectivity index (χ0v) is 28.2. The third-order valence-corrected chi connectivity index (χ3v) is 11.9. The first-order valence-corrected chi connectivity index (χ1v) is 18.1. The number of hydrogen-bond acceptors (Lipinski definition) is 1. The van der Waals surface area contributed by atoms with Crippen LogP contribution >= 0.6 is 0 Å². The first kappa shape index (κ1) is 28.0. The highest BCUT2D eigenvalue weighted by Crippen LogP contribution is 2.63. The molecule has 1 nitrogen and oxygen atoms in total. The second-order valence-corrected chi connectivity index (χ2v) is 14.3. The minimum absolute atomic E-state index is 0.447. The fraction of sp³-hybridized carbons (Fsp3) is 0.0196. The van der Waals surface area contributed by atoms with Crippen LogP contribution in [0, 0.1) is 0 Å². The van der Waals surface area contributed by atoms with Gasteiger partial charge in [0, 0.05) is 10.9 Å². The number of rotatable bonds is 2. The Kier molecular flexibility index (Phi) is 5.49. The molecule has 12 rings (SSSR count). The lowest BCUT2D eigenvalue weighted by molar-refractivity contribution is 0.487. The molecule has 2 aliphatic carbocycles. The molecule has 52 heavy (non-hydrogen) atoms. The SMILES string of the molecule is c1ccc(-c2ccc3c(c2)Oc2ccc(-c4cccc5c4-c4ccccc4C54c5ccccc5-c5cccc6cccc4c56)c4cccc-3c24)cc1. The molecule has 0 N–H and O–H groups in total. The van der Waals surface area contributed by atoms with Crippen LogP contribution < -0.4 is 4.74 Å². The van der Waals surface area contributed by atoms with Gasteiger partial charge in [0.2, 0.25) is 0 Å². The molecule has 0 saturated carbocycles. The predicted octanol–water partition coefficient (Wildman–Crippen LogP) is 13.4. The van der Waals surface area contributed by atoms with Crippen LogP contribution in [-0.2, 0) is 5.41 Å². The first-order chi connectivity index (χ1) is 25.8. The average Bonchev–Trinajstić information content (AvgIpc) is 3.51. The maximum Gasteiger partial charge on any atom is 0.135 e. The fourth-order valence-corrected chi connectivity index (χ4v) is 9.88. The molecule has 0 bridgehead atoms. The van der Waals surface area contributed by atoms with E-state index in [4.69, 9.17) is 4.74 Å². The number of ether oxygens (including phenoxy) is 1. The van der Waals surface area contributed by atoms with E-state index in [-0.39, 0.29) is 0 Å². The normalized spacial score (nSPS) is 15.5. The molecular formula is C51H30O. The fourth-order valence-electron chi connectivity index (χ4n) is 9.88. The zero-order valence-electron chi connectivity index (χ0n) is 28.2. The zero-order chi connectivity index (χ0) is 34.0. The third kappa shape index (κ3) is 3.48. The molecule has 0 saturated heterocycles. The van der Waals surface area contributed by atoms with E-state index in [9.17, 15) is 0 Å². The summed E-state index contributed by atoms with van der Waals surface area (Å²) in [5, 5.41) is 5.01. The molecule has 240 valence electrons. The van der Waals surface area contributed by atoms with Gasteiger partial charge in [0.1, 0.15) is 11.5 Å². The van der Waals surface area contributed by atoms with Crippen molar-refractivity contribution in [2.24, 2.45) is 0 Å². The van der Waals surface area contributed by atoms with Crippen LogP contribution in [0.2, 0.25) is 0 Å². The highest BCUT2D eigenvalue weighted by atomic mass is 16.5. The lowest BCUT2D eigenvalue weighted by atomic mass is 9.61. The molecule has 9 aromatic carbocycles. The van der Waals surface area contributed by atoms with Gasteiger partial charge < -0.3 is 4.74 Å². The summed E-state index contributed by atoms with van der Waals surface area (Å²) < 4.78 is 6.75. The molecule has 0 amide bonds. The Morgan fingerprint density at radius 1 is 0.327 bits per heavy atom. The molecule has 0 radical (unpaired) electrons. The molecule has 1 heterocycles. The molecule has 1 unspecified atom stereocenters. The van der Waals surface area contributed by atoms with Crippen LogP contribution in [0.4, 0.5) is 0 Å². The van der Waals surface area contributed by atoms with E-state index in [1.807, 2.05) is 0 Å². The van der Waals surface area contributed by atoms with Gasteiger partial charge in [-0.1, -0.05) is 164 Å². The monoisotopic (exact) mass is 658 g/mol. The van der Waals surface area contributed by atoms with Crippen molar-refractivity contribution in [3.05, 3.63) is 204 Å². The predicted molar refractivity (Wildman–Crippen MR) is 214 cm³/mol. The molecule has 1 atom stereocenters. The van der Waals surface area contributed by atoms with Crippen LogP contribution in [0.15, 0.2) is 182 Å². The van der Waals surface area contributed by atoms with E-state index >= 15 is 0 Å². The first-order valence-electron chi connectivity index (χ1n) is 18.1. The number of fused-ring (bicyclic) bond motifs is 11. The van der Waals surface area contributed by atoms with Gasteiger partial charge in [-0.2, -0.15) is 0 Å². The van der Waals surface area contributed by atoms with Gasteiger partial charge in [0.15, 0.2) is 0 Å². The summed E-state index contributed by atoms with van der Waals surface area (Å²) in [7, 11) is 0. The van der Waals surface area contributed by atoms with Gasteiger partial charge in [0.05, 0.1) is 5.41 Å². The van der Waals surface area contributed by atoms with Gasteiger partial charge in [-0.25, -0.2) is 0 Å². The molecule has 3 aliphatic rings. The second kappa shape index (κ2) is 10.2. The molecule has 9 aromatic rings. The van der Waals surface area contributed by atoms with Crippen molar-refractivity contribution in [3.63, 3.8) is 0 Å². The van der Waals surface area contributed by atoms with E-state index in [1.54, 1.807) is 0 Å². The second-order valence-electron chi connectivity index (χ2n) is 14.3. The minimum Gasteiger partial charge on any atom is -0.456 e. The quantitative estimate of drug-likeness (QED) is 0.180. The smallest absolute Gasteiger partial charge is 0.135 e. The Bertz CT molecular complexity index is 2980. The van der Waals surface area contributed by atoms with Gasteiger partial charge in [-0.05, 0) is 107 Å². The highest BCUT2D eigenvalue weighted by Gasteiger charge is 2.50. The van der Waals surface area contributed by atoms with Crippen LogP contribution in [0.25, 0.3) is 77.2 Å². The molecule has 1 heteroatoms. The van der Waals surface area contributed by atoms with E-state index in [1.165, 1.54) is 88.3 Å². The summed E-state index contributed by atoms with van der Waals surface area (Å²) in [6.45, 7) is 0. The van der Waals surface area contributed by atoms with E-state index in [0.717, 1.165) is 22.6 Å². The van der Waals surface area contributed by atoms with Gasteiger partial charge in [-0.15, -0.1) is 0 Å². The van der Waals surface area contributed by atoms with Crippen molar-refractivity contribution in [1.82, 2.24) is 0 Å². The average molecular weight is 659 g/mol. The van der Waals surface area contributed by atoms with Crippen molar-refractivity contribution in [3.8, 4) is 67.1 Å². The Labute approximate surface area is 302 Å². The maximum atomic E-state index is 6.75. The summed E-state index contributed by atoms with van der Waals surface area (Å²) in [5.74, 6) is 1.80. The van der Waals surface area contributed by atoms with Gasteiger partial charge >= 0.3 is 0 Å². The van der Waals surface area contributed by atoms with E-state index < -0.39 is 5.41 Å². The Morgan fingerprint density at radius 3 is 1.81 bits per heavy atom. The van der Waals surface area contributed by atoms with Crippen LogP contribution in [0.3, 0.4) is 0 Å². The van der Waals surface area contributed by atoms with E-state index in [0.29, 0.717) is 0 Å². The molecule has 1 aliphatic heterocycles. The van der Waals surface area contributed by atoms with Crippen molar-refractivity contribution in [1.29, 1.82) is 0 Å². The van der Waals surface area contributed by atoms with E-state index in [2.05, 4.69) is 182 Å². The summed E-state index contributed by atoms with van der Waals surface area (Å²) in [6.07, 6.45) is 0. The molecular weight excluding hydrogens is 629 g/mol. The lowest BCUT2D eigenvalue weighted by Crippen LogP contribution is -2.31. The van der Waals surface area contributed by atoms with Crippen LogP contribution in [-0.4, -0.2) is 0 Å². The Hall–Kier alpha value is -6.70. The summed E-state index contributed by atoms with van der Waals surface area (Å²) in [4.78, 5) is 0. The van der Waals surface area contributed by atoms with Crippen LogP contribution in [0.5, 0.6) is 11.5 Å². The van der Waals surface area contributed by atoms with Crippen molar-refractivity contribution in [2.45, 2.75) is 5.41 Å². The molecule has 0 fully saturated rings. The topological polar surface area (TPSA) is 9.23 Å². The summed E-state index contributed by atoms with van der Waals surface area (Å²) in [6, 6.07) is 67.2. The van der Waals surface area contributed by atoms with Crippen molar-refractivity contribution < 1.29 is 4.74 Å². The standard InChI is InChI=1S/C51H30O/c1-2-12-31(13-3-1)33-26-27-36-40-20-10-19-38-34(28-29-46(50(38)40)52-47(36)30-33)37-21-11-25-45-49(37)41-17-5-7-23-43(41)51(45)42-22-6-4-16-35(42)39-18-8-14-32-15-9-24-44(51)48(32)39/h1-30H. The van der Waals surface area contributed by atoms with Crippen molar-refractivity contribution in [2.75, 3.05) is 0 Å². The summed E-state index contributed by atoms with van der Waals surface area (Å²) in [5.41, 5.74) is 17.3. The Morgan fingerprint density at radius 2 is 0.942 bits per heavy atom. The largest absolute Gasteiger partial charge is 0.456 e. The maximum absolute atomic E-state index is 6.75. The third-order valence-electron chi connectivity index (χ3n) is 11.9. The number of hydrogen-bond donors (Lipinski definition) is 0. The Balaban J connectivity index is 1.13. The van der Waals surface area contributed by atoms with Crippen molar-refractivity contribution >= 4 is 21.5 Å². The minimum atomic E-state index is -0.447.